The van der Waals surface area contributed by atoms with Gasteiger partial charge in [0, 0.05) is 32.5 Å². The highest BCUT2D eigenvalue weighted by atomic mass is 16.8. The van der Waals surface area contributed by atoms with Gasteiger partial charge < -0.3 is 49.2 Å². The summed E-state index contributed by atoms with van der Waals surface area (Å²) in [6.45, 7) is 11.8. The molecule has 2 heterocycles. The molecule has 0 aromatic carbocycles. The van der Waals surface area contributed by atoms with Crippen LogP contribution in [0, 0.1) is 11.8 Å². The highest BCUT2D eigenvalue weighted by Crippen LogP contribution is 2.27. The zero-order chi connectivity index (χ0) is 44.9. The van der Waals surface area contributed by atoms with Crippen molar-refractivity contribution in [2.45, 2.75) is 129 Å². The molecular formula is C47H66O13. The van der Waals surface area contributed by atoms with Crippen LogP contribution >= 0.6 is 0 Å². The van der Waals surface area contributed by atoms with E-state index in [9.17, 15) is 39.9 Å². The van der Waals surface area contributed by atoms with Crippen molar-refractivity contribution in [2.24, 2.45) is 11.8 Å². The minimum absolute atomic E-state index is 0.130. The van der Waals surface area contributed by atoms with Crippen LogP contribution in [0.4, 0.5) is 0 Å². The first-order chi connectivity index (χ1) is 28.4. The summed E-state index contributed by atoms with van der Waals surface area (Å²) >= 11 is 0. The maximum Gasteiger partial charge on any atom is 0.309 e. The van der Waals surface area contributed by atoms with Gasteiger partial charge in [0.15, 0.2) is 17.9 Å². The number of cyclic esters (lactones) is 1. The third kappa shape index (κ3) is 17.1. The second kappa shape index (κ2) is 26.9. The fraction of sp³-hybridized carbons (Fsp3) is 0.511. The molecule has 0 aromatic heterocycles. The second-order valence-corrected chi connectivity index (χ2v) is 15.1. The number of aliphatic hydroxyl groups is 5. The molecule has 0 saturated carbocycles. The number of esters is 1. The van der Waals surface area contributed by atoms with E-state index in [1.807, 2.05) is 0 Å². The van der Waals surface area contributed by atoms with Gasteiger partial charge in [-0.25, -0.2) is 0 Å². The third-order valence-corrected chi connectivity index (χ3v) is 10.4. The smallest absolute Gasteiger partial charge is 0.309 e. The predicted molar refractivity (Wildman–Crippen MR) is 229 cm³/mol. The lowest BCUT2D eigenvalue weighted by atomic mass is 9.99. The maximum absolute atomic E-state index is 13.1. The van der Waals surface area contributed by atoms with E-state index < -0.39 is 90.9 Å². The number of ketones is 2. The normalized spacial score (nSPS) is 34.3. The Morgan fingerprint density at radius 1 is 0.883 bits per heavy atom. The summed E-state index contributed by atoms with van der Waals surface area (Å²) in [5, 5.41) is 53.5. The van der Waals surface area contributed by atoms with Crippen LogP contribution in [0.15, 0.2) is 120 Å². The van der Waals surface area contributed by atoms with Gasteiger partial charge in [0.2, 0.25) is 0 Å². The number of hydrogen-bond donors (Lipinski definition) is 5. The first kappa shape index (κ1) is 52.0. The number of rotatable bonds is 13. The van der Waals surface area contributed by atoms with Crippen LogP contribution in [0.3, 0.4) is 0 Å². The molecule has 0 aliphatic carbocycles. The van der Waals surface area contributed by atoms with E-state index in [-0.39, 0.29) is 18.6 Å². The summed E-state index contributed by atoms with van der Waals surface area (Å²) in [4.78, 5) is 38.7. The molecule has 2 aliphatic rings. The minimum Gasteiger partial charge on any atom is -0.461 e. The molecule has 5 N–H and O–H groups in total. The Bertz CT molecular complexity index is 1700. The number of ether oxygens (including phenoxy) is 5. The summed E-state index contributed by atoms with van der Waals surface area (Å²) in [6, 6.07) is 0. The van der Waals surface area contributed by atoms with Gasteiger partial charge in [0.05, 0.1) is 36.9 Å². The van der Waals surface area contributed by atoms with Gasteiger partial charge in [-0.05, 0) is 64.0 Å². The van der Waals surface area contributed by atoms with Gasteiger partial charge in [-0.2, -0.15) is 0 Å². The lowest BCUT2D eigenvalue weighted by Gasteiger charge is -2.43. The van der Waals surface area contributed by atoms with E-state index in [4.69, 9.17) is 23.7 Å². The SMILES string of the molecule is CO[C@@H]1[C@H](O)[C@@H](OC)[C@H](O[13CH]([13CH3])[13CH](O)/[13CH]=[13CH]/[13CH]=[13CH]/[13CH]=C/C(=O)[13CH](C)[13CH](O)[13CH](C)[13CH]2[13CH2]/[13CH]=[13CH]/[13CH]=[13CH]/[13CH]=[13CH]/[13CH](O)C(=O)/C([13CH3])=[13CH]/[13CH]=[13CH]/[13C]([13CH3])=[13CH]/[13CH](O)/[13C](C)=[13CH]\[13CH2][13C](=O)O2)O[C@@H]1C. The third-order valence-electron chi connectivity index (χ3n) is 10.4. The molecule has 0 aromatic rings. The second-order valence-electron chi connectivity index (χ2n) is 15.1. The zero-order valence-corrected chi connectivity index (χ0v) is 36.2. The molecule has 2 rings (SSSR count). The number of allylic oxidation sites excluding steroid dienone is 13. The van der Waals surface area contributed by atoms with E-state index >= 15 is 0 Å². The molecule has 8 unspecified atom stereocenters. The molecule has 0 amide bonds. The summed E-state index contributed by atoms with van der Waals surface area (Å²) in [7, 11) is 2.90. The van der Waals surface area contributed by atoms with Crippen LogP contribution in [-0.4, -0.2) is 125 Å². The number of aliphatic hydroxyl groups excluding tert-OH is 5. The van der Waals surface area contributed by atoms with Crippen molar-refractivity contribution in [3.63, 3.8) is 0 Å². The fourth-order valence-corrected chi connectivity index (χ4v) is 6.31. The van der Waals surface area contributed by atoms with Gasteiger partial charge in [0.25, 0.3) is 0 Å². The Hall–Kier alpha value is -4.15. The molecule has 332 valence electrons. The van der Waals surface area contributed by atoms with Gasteiger partial charge in [-0.15, -0.1) is 0 Å². The fourth-order valence-electron chi connectivity index (χ4n) is 6.31. The van der Waals surface area contributed by atoms with Crippen LogP contribution in [0.1, 0.15) is 61.3 Å². The highest BCUT2D eigenvalue weighted by Gasteiger charge is 2.45. The van der Waals surface area contributed by atoms with E-state index in [0.29, 0.717) is 16.7 Å². The van der Waals surface area contributed by atoms with Crippen molar-refractivity contribution in [3.05, 3.63) is 120 Å². The standard InChI is InChI=1S/C47H66O13/c1-29-20-19-21-31(3)42(53)38(50)24-17-11-10-12-18-25-40(60-41(52)27-26-30(2)39(51)28-29)33(5)43(54)32(4)36(48)22-15-13-14-16-23-37(49)34(6)58-47-46(57-9)44(55)45(56-8)35(7)59-47/h10-24,26,28,32-35,37-40,43-47,49-51,54-55H,25,27H2,1-9H3/b11-10+,14-13+,18-12+,20-19+,22-15+,23-16+,24-17+,29-28+,30-26-,31-21+/t32?,33?,34?,35-,37?,38?,39?,40?,43?,44+,45+,46-,47-/m1/s1/i1+1,3+1,6+1,10+1,11+1,12+1,13+1,14+1,15+1,16+1,17+1,18+1,19+1,20+1,21+1,23+1,24+1,25+1,26+1,27+1,28+1,29+1,30+1,32+1,33+1,34+1,37+1,38+1,39+1,40+1,41+1,43+1. The molecule has 0 spiro atoms. The largest absolute Gasteiger partial charge is 0.461 e. The first-order valence-electron chi connectivity index (χ1n) is 20.2. The summed E-state index contributed by atoms with van der Waals surface area (Å²) in [5.74, 6) is -2.90. The number of methoxy groups -OCH3 is 2. The van der Waals surface area contributed by atoms with E-state index in [1.165, 1.54) is 44.6 Å². The van der Waals surface area contributed by atoms with Gasteiger partial charge in [-0.3, -0.25) is 14.4 Å². The van der Waals surface area contributed by atoms with E-state index in [0.717, 1.165) is 0 Å². The molecule has 13 atom stereocenters. The topological polar surface area (TPSA) is 199 Å². The predicted octanol–water partition coefficient (Wildman–Crippen LogP) is 4.82. The van der Waals surface area contributed by atoms with Crippen LogP contribution in [0.2, 0.25) is 0 Å². The van der Waals surface area contributed by atoms with Crippen LogP contribution in [0.25, 0.3) is 0 Å². The van der Waals surface area contributed by atoms with Crippen LogP contribution in [-0.2, 0) is 38.1 Å². The van der Waals surface area contributed by atoms with Crippen LogP contribution in [0.5, 0.6) is 0 Å². The number of hydrogen-bond acceptors (Lipinski definition) is 13. The molecule has 2 aliphatic heterocycles. The average Bonchev–Trinajstić information content (AvgIpc) is 3.21. The van der Waals surface area contributed by atoms with Crippen molar-refractivity contribution >= 4 is 17.5 Å². The Kier molecular flexibility index (Phi) is 23.3. The van der Waals surface area contributed by atoms with Gasteiger partial charge in [0.1, 0.15) is 30.5 Å². The van der Waals surface area contributed by atoms with E-state index in [2.05, 4.69) is 0 Å². The zero-order valence-electron chi connectivity index (χ0n) is 36.2. The monoisotopic (exact) mass is 871 g/mol. The maximum atomic E-state index is 13.1. The molecule has 60 heavy (non-hydrogen) atoms. The Morgan fingerprint density at radius 2 is 1.55 bits per heavy atom. The highest BCUT2D eigenvalue weighted by molar-refractivity contribution is 5.99. The Labute approximate surface area is 355 Å². The van der Waals surface area contributed by atoms with Crippen molar-refractivity contribution in [2.75, 3.05) is 14.2 Å². The Morgan fingerprint density at radius 3 is 2.23 bits per heavy atom. The molecule has 13 heteroatoms. The van der Waals surface area contributed by atoms with E-state index in [1.54, 1.807) is 121 Å². The number of Topliss-reactive ketones (excluding diaryl/α,β-unsaturated/α-hetero) is 1. The average molecular weight is 871 g/mol. The van der Waals surface area contributed by atoms with Crippen molar-refractivity contribution in [1.82, 2.24) is 0 Å². The molecular weight excluding hydrogens is 804 g/mol. The lowest BCUT2D eigenvalue weighted by Crippen LogP contribution is -2.59. The summed E-state index contributed by atoms with van der Waals surface area (Å²) < 4.78 is 28.2. The Balaban J connectivity index is 2.11. The lowest BCUT2D eigenvalue weighted by molar-refractivity contribution is -0.314. The summed E-state index contributed by atoms with van der Waals surface area (Å²) in [5.41, 5.74) is 1.59. The van der Waals surface area contributed by atoms with Crippen molar-refractivity contribution < 1.29 is 63.6 Å². The number of carbonyl (C=O) groups is 3. The molecule has 13 nitrogen and oxygen atoms in total. The first-order valence-corrected chi connectivity index (χ1v) is 20.2. The molecule has 0 bridgehead atoms. The quantitative estimate of drug-likeness (QED) is 0.0556. The summed E-state index contributed by atoms with van der Waals surface area (Å²) in [6.07, 6.45) is 17.1. The van der Waals surface area contributed by atoms with Crippen molar-refractivity contribution in [3.8, 4) is 0 Å². The molecule has 1 saturated heterocycles. The molecule has 1 fully saturated rings. The molecule has 0 radical (unpaired) electrons. The van der Waals surface area contributed by atoms with Gasteiger partial charge in [-0.1, -0.05) is 104 Å². The minimum atomic E-state index is -1.33. The van der Waals surface area contributed by atoms with Gasteiger partial charge >= 0.3 is 5.97 Å². The van der Waals surface area contributed by atoms with Crippen molar-refractivity contribution in [1.29, 1.82) is 0 Å². The number of carbonyl (C=O) groups excluding carboxylic acids is 3. The van der Waals surface area contributed by atoms with Crippen LogP contribution < -0.4 is 0 Å².